The van der Waals surface area contributed by atoms with Gasteiger partial charge in [-0.2, -0.15) is 10.4 Å². The fraction of sp³-hybridized carbons (Fsp3) is 0.0833. The van der Waals surface area contributed by atoms with Crippen molar-refractivity contribution in [1.82, 2.24) is 10.2 Å². The van der Waals surface area contributed by atoms with Gasteiger partial charge in [0, 0.05) is 11.6 Å². The average Bonchev–Trinajstić information content (AvgIpc) is 2.87. The number of H-pyrrole nitrogens is 1. The number of hydrogen-bond donors (Lipinski definition) is 3. The molecule has 19 heavy (non-hydrogen) atoms. The first-order valence-corrected chi connectivity index (χ1v) is 5.17. The topological polar surface area (TPSA) is 119 Å². The molecule has 96 valence electrons. The summed E-state index contributed by atoms with van der Waals surface area (Å²) in [6.07, 6.45) is 0. The number of aromatic amines is 1. The predicted molar refractivity (Wildman–Crippen MR) is 63.9 cm³/mol. The second kappa shape index (κ2) is 4.70. The van der Waals surface area contributed by atoms with Gasteiger partial charge in [0.15, 0.2) is 0 Å². The van der Waals surface area contributed by atoms with Crippen LogP contribution in [0.3, 0.4) is 0 Å². The van der Waals surface area contributed by atoms with Crippen LogP contribution >= 0.6 is 0 Å². The van der Waals surface area contributed by atoms with E-state index >= 15 is 0 Å². The van der Waals surface area contributed by atoms with E-state index in [1.54, 1.807) is 0 Å². The molecule has 0 bridgehead atoms. The number of nitrogens with zero attached hydrogens (tertiary/aromatic N) is 2. The van der Waals surface area contributed by atoms with E-state index in [0.717, 1.165) is 0 Å². The molecule has 0 radical (unpaired) electrons. The van der Waals surface area contributed by atoms with Crippen molar-refractivity contribution >= 4 is 5.97 Å². The van der Waals surface area contributed by atoms with Crippen molar-refractivity contribution in [2.45, 2.75) is 0 Å². The molecule has 0 aliphatic heterocycles. The standard InChI is InChI=1S/C12H9N3O4/c1-19-11-4-10(16)7(2-6(11)5-13)8-3-9(12(17)18)15-14-8/h2-4,16H,1H3,(H,14,15)(H,17,18). The number of phenols is 1. The van der Waals surface area contributed by atoms with Crippen molar-refractivity contribution < 1.29 is 19.7 Å². The lowest BCUT2D eigenvalue weighted by atomic mass is 10.1. The van der Waals surface area contributed by atoms with E-state index in [4.69, 9.17) is 15.1 Å². The summed E-state index contributed by atoms with van der Waals surface area (Å²) in [6.45, 7) is 0. The van der Waals surface area contributed by atoms with Gasteiger partial charge in [-0.1, -0.05) is 0 Å². The number of carbonyl (C=O) groups is 1. The molecular weight excluding hydrogens is 250 g/mol. The summed E-state index contributed by atoms with van der Waals surface area (Å²) in [6, 6.07) is 5.86. The third kappa shape index (κ3) is 2.19. The Hall–Kier alpha value is -3.01. The highest BCUT2D eigenvalue weighted by Gasteiger charge is 2.15. The molecule has 1 aromatic heterocycles. The fourth-order valence-electron chi connectivity index (χ4n) is 1.60. The van der Waals surface area contributed by atoms with Crippen LogP contribution in [-0.4, -0.2) is 33.5 Å². The van der Waals surface area contributed by atoms with E-state index in [0.29, 0.717) is 0 Å². The van der Waals surface area contributed by atoms with Crippen molar-refractivity contribution in [3.63, 3.8) is 0 Å². The summed E-state index contributed by atoms with van der Waals surface area (Å²) in [5.41, 5.74) is 0.592. The quantitative estimate of drug-likeness (QED) is 0.765. The number of aromatic hydroxyl groups is 1. The van der Waals surface area contributed by atoms with Crippen LogP contribution in [0.15, 0.2) is 18.2 Å². The number of aromatic carboxylic acids is 1. The van der Waals surface area contributed by atoms with Crippen molar-refractivity contribution in [2.75, 3.05) is 7.11 Å². The smallest absolute Gasteiger partial charge is 0.353 e. The van der Waals surface area contributed by atoms with Gasteiger partial charge in [0.05, 0.1) is 18.4 Å². The molecule has 0 atom stereocenters. The monoisotopic (exact) mass is 259 g/mol. The zero-order valence-corrected chi connectivity index (χ0v) is 9.84. The molecule has 0 saturated carbocycles. The van der Waals surface area contributed by atoms with Gasteiger partial charge >= 0.3 is 5.97 Å². The van der Waals surface area contributed by atoms with Crippen LogP contribution in [0.1, 0.15) is 16.1 Å². The summed E-state index contributed by atoms with van der Waals surface area (Å²) in [4.78, 5) is 10.7. The lowest BCUT2D eigenvalue weighted by Gasteiger charge is -2.06. The second-order valence-corrected chi connectivity index (χ2v) is 3.65. The highest BCUT2D eigenvalue weighted by atomic mass is 16.5. The minimum Gasteiger partial charge on any atom is -0.507 e. The van der Waals surface area contributed by atoms with Crippen LogP contribution < -0.4 is 4.74 Å². The van der Waals surface area contributed by atoms with Crippen molar-refractivity contribution in [1.29, 1.82) is 5.26 Å². The number of ether oxygens (including phenoxy) is 1. The molecule has 0 unspecified atom stereocenters. The molecule has 0 aliphatic carbocycles. The molecule has 0 aliphatic rings. The molecule has 1 heterocycles. The Balaban J connectivity index is 2.55. The van der Waals surface area contributed by atoms with Crippen molar-refractivity contribution in [3.8, 4) is 28.8 Å². The number of nitriles is 1. The summed E-state index contributed by atoms with van der Waals surface area (Å²) in [7, 11) is 1.38. The molecule has 1 aromatic carbocycles. The Morgan fingerprint density at radius 3 is 2.74 bits per heavy atom. The largest absolute Gasteiger partial charge is 0.507 e. The Morgan fingerprint density at radius 1 is 1.47 bits per heavy atom. The van der Waals surface area contributed by atoms with E-state index in [9.17, 15) is 9.90 Å². The maximum atomic E-state index is 10.7. The summed E-state index contributed by atoms with van der Waals surface area (Å²) in [5, 5.41) is 33.7. The molecule has 0 spiro atoms. The summed E-state index contributed by atoms with van der Waals surface area (Å²) < 4.78 is 4.95. The zero-order chi connectivity index (χ0) is 14.0. The molecule has 7 nitrogen and oxygen atoms in total. The Morgan fingerprint density at radius 2 is 2.21 bits per heavy atom. The van der Waals surface area contributed by atoms with E-state index in [2.05, 4.69) is 10.2 Å². The third-order valence-electron chi connectivity index (χ3n) is 2.52. The van der Waals surface area contributed by atoms with E-state index in [-0.39, 0.29) is 34.0 Å². The molecule has 7 heteroatoms. The van der Waals surface area contributed by atoms with Gasteiger partial charge in [-0.05, 0) is 12.1 Å². The molecule has 0 amide bonds. The van der Waals surface area contributed by atoms with Gasteiger partial charge in [-0.15, -0.1) is 0 Å². The normalized spacial score (nSPS) is 9.89. The SMILES string of the molecule is COc1cc(O)c(-c2cc(C(=O)O)[nH]n2)cc1C#N. The van der Waals surface area contributed by atoms with Crippen LogP contribution in [0, 0.1) is 11.3 Å². The average molecular weight is 259 g/mol. The number of phenolic OH excluding ortho intramolecular Hbond substituents is 1. The molecule has 3 N–H and O–H groups in total. The molecular formula is C12H9N3O4. The number of rotatable bonds is 3. The minimum atomic E-state index is -1.16. The van der Waals surface area contributed by atoms with Gasteiger partial charge in [0.25, 0.3) is 0 Å². The number of nitrogens with one attached hydrogen (secondary N) is 1. The summed E-state index contributed by atoms with van der Waals surface area (Å²) >= 11 is 0. The van der Waals surface area contributed by atoms with Gasteiger partial charge in [-0.3, -0.25) is 5.10 Å². The van der Waals surface area contributed by atoms with Crippen LogP contribution in [0.2, 0.25) is 0 Å². The Labute approximate surface area is 107 Å². The molecule has 2 rings (SSSR count). The first-order valence-electron chi connectivity index (χ1n) is 5.17. The van der Waals surface area contributed by atoms with Crippen LogP contribution in [0.5, 0.6) is 11.5 Å². The molecule has 0 fully saturated rings. The van der Waals surface area contributed by atoms with E-state index in [1.807, 2.05) is 6.07 Å². The fourth-order valence-corrected chi connectivity index (χ4v) is 1.60. The Bertz CT molecular complexity index is 685. The maximum absolute atomic E-state index is 10.7. The van der Waals surface area contributed by atoms with Gasteiger partial charge in [-0.25, -0.2) is 4.79 Å². The number of benzene rings is 1. The van der Waals surface area contributed by atoms with Crippen LogP contribution in [0.4, 0.5) is 0 Å². The van der Waals surface area contributed by atoms with Crippen molar-refractivity contribution in [2.24, 2.45) is 0 Å². The summed E-state index contributed by atoms with van der Waals surface area (Å²) in [5.74, 6) is -1.08. The zero-order valence-electron chi connectivity index (χ0n) is 9.84. The number of hydrogen-bond acceptors (Lipinski definition) is 5. The van der Waals surface area contributed by atoms with Gasteiger partial charge < -0.3 is 14.9 Å². The lowest BCUT2D eigenvalue weighted by Crippen LogP contribution is -1.95. The first kappa shape index (κ1) is 12.4. The minimum absolute atomic E-state index is 0.108. The number of methoxy groups -OCH3 is 1. The first-order chi connectivity index (χ1) is 9.06. The number of carboxylic acids is 1. The number of aromatic nitrogens is 2. The van der Waals surface area contributed by atoms with E-state index in [1.165, 1.54) is 25.3 Å². The van der Waals surface area contributed by atoms with Crippen LogP contribution in [-0.2, 0) is 0 Å². The molecule has 2 aromatic rings. The predicted octanol–water partition coefficient (Wildman–Crippen LogP) is 1.36. The van der Waals surface area contributed by atoms with E-state index < -0.39 is 5.97 Å². The number of carboxylic acid groups (broad SMARTS) is 1. The Kier molecular flexibility index (Phi) is 3.08. The highest BCUT2D eigenvalue weighted by Crippen LogP contribution is 2.34. The van der Waals surface area contributed by atoms with Crippen molar-refractivity contribution in [3.05, 3.63) is 29.5 Å². The maximum Gasteiger partial charge on any atom is 0.353 e. The third-order valence-corrected chi connectivity index (χ3v) is 2.52. The van der Waals surface area contributed by atoms with Gasteiger partial charge in [0.2, 0.25) is 0 Å². The lowest BCUT2D eigenvalue weighted by molar-refractivity contribution is 0.0690. The second-order valence-electron chi connectivity index (χ2n) is 3.65. The molecule has 0 saturated heterocycles. The van der Waals surface area contributed by atoms with Crippen LogP contribution in [0.25, 0.3) is 11.3 Å². The van der Waals surface area contributed by atoms with Gasteiger partial charge in [0.1, 0.15) is 23.3 Å². The highest BCUT2D eigenvalue weighted by molar-refractivity contribution is 5.87.